The molecular formula is C11H17NO4. The molecular weight excluding hydrogens is 210 g/mol. The van der Waals surface area contributed by atoms with E-state index in [1.54, 1.807) is 0 Å². The van der Waals surface area contributed by atoms with Crippen molar-refractivity contribution in [3.05, 3.63) is 0 Å². The predicted molar refractivity (Wildman–Crippen MR) is 55.2 cm³/mol. The fraction of sp³-hybridized carbons (Fsp3) is 0.818. The maximum atomic E-state index is 11.9. The molecule has 16 heavy (non-hydrogen) atoms. The number of hydrogen-bond acceptors (Lipinski definition) is 4. The Hall–Kier alpha value is -0.940. The molecule has 0 spiro atoms. The summed E-state index contributed by atoms with van der Waals surface area (Å²) in [6, 6.07) is 0. The lowest BCUT2D eigenvalue weighted by molar-refractivity contribution is -0.142. The second-order valence-corrected chi connectivity index (χ2v) is 4.91. The van der Waals surface area contributed by atoms with E-state index in [0.717, 1.165) is 17.7 Å². The number of fused-ring (bicyclic) bond motifs is 1. The predicted octanol–water partition coefficient (Wildman–Crippen LogP) is -0.629. The van der Waals surface area contributed by atoms with Crippen LogP contribution in [0.15, 0.2) is 0 Å². The molecule has 2 fully saturated rings. The maximum Gasteiger partial charge on any atom is 0.233 e. The number of carbonyl (C=O) groups is 2. The van der Waals surface area contributed by atoms with Gasteiger partial charge in [0.05, 0.1) is 31.1 Å². The first-order valence-electron chi connectivity index (χ1n) is 5.68. The van der Waals surface area contributed by atoms with Gasteiger partial charge in [-0.2, -0.15) is 0 Å². The second-order valence-electron chi connectivity index (χ2n) is 4.91. The number of aliphatic hydroxyl groups is 2. The smallest absolute Gasteiger partial charge is 0.233 e. The Morgan fingerprint density at radius 1 is 1.31 bits per heavy atom. The summed E-state index contributed by atoms with van der Waals surface area (Å²) in [6.45, 7) is 1.55. The van der Waals surface area contributed by atoms with E-state index < -0.39 is 12.7 Å². The summed E-state index contributed by atoms with van der Waals surface area (Å²) in [6.07, 6.45) is 0.506. The molecule has 1 saturated heterocycles. The Balaban J connectivity index is 2.08. The van der Waals surface area contributed by atoms with Crippen LogP contribution in [0.25, 0.3) is 0 Å². The van der Waals surface area contributed by atoms with Crippen LogP contribution in [0.4, 0.5) is 0 Å². The van der Waals surface area contributed by atoms with E-state index in [1.807, 2.05) is 6.92 Å². The van der Waals surface area contributed by atoms with Crippen molar-refractivity contribution in [1.82, 2.24) is 4.90 Å². The largest absolute Gasteiger partial charge is 0.394 e. The van der Waals surface area contributed by atoms with Crippen molar-refractivity contribution in [2.45, 2.75) is 25.9 Å². The summed E-state index contributed by atoms with van der Waals surface area (Å²) in [5.74, 6) is -0.298. The fourth-order valence-electron chi connectivity index (χ4n) is 2.79. The average molecular weight is 227 g/mol. The molecule has 2 N–H and O–H groups in total. The van der Waals surface area contributed by atoms with E-state index in [4.69, 9.17) is 5.11 Å². The molecule has 2 aliphatic rings. The zero-order chi connectivity index (χ0) is 11.9. The lowest BCUT2D eigenvalue weighted by atomic mass is 10.00. The Morgan fingerprint density at radius 3 is 2.25 bits per heavy atom. The van der Waals surface area contributed by atoms with Crippen LogP contribution >= 0.6 is 0 Å². The van der Waals surface area contributed by atoms with E-state index in [-0.39, 0.29) is 30.2 Å². The molecule has 0 bridgehead atoms. The van der Waals surface area contributed by atoms with Crippen LogP contribution in [0, 0.1) is 17.8 Å². The van der Waals surface area contributed by atoms with Crippen LogP contribution in [-0.2, 0) is 9.59 Å². The van der Waals surface area contributed by atoms with Crippen molar-refractivity contribution in [3.63, 3.8) is 0 Å². The number of likely N-dealkylation sites (tertiary alicyclic amines) is 1. The minimum atomic E-state index is -1.02. The Morgan fingerprint density at radius 2 is 1.81 bits per heavy atom. The van der Waals surface area contributed by atoms with Gasteiger partial charge in [-0.25, -0.2) is 0 Å². The molecule has 1 aliphatic carbocycles. The van der Waals surface area contributed by atoms with E-state index in [0.29, 0.717) is 5.92 Å². The van der Waals surface area contributed by atoms with Gasteiger partial charge < -0.3 is 10.2 Å². The standard InChI is InChI=1S/C11H17NO4/c1-6-2-8-9(3-6)11(16)12(10(8)15)4-7(14)5-13/h6-9,13-14H,2-5H2,1H3. The van der Waals surface area contributed by atoms with Gasteiger partial charge in [-0.3, -0.25) is 14.5 Å². The third-order valence-corrected chi connectivity index (χ3v) is 3.57. The van der Waals surface area contributed by atoms with Crippen molar-refractivity contribution in [2.24, 2.45) is 17.8 Å². The Labute approximate surface area is 94.0 Å². The Kier molecular flexibility index (Phi) is 2.99. The number of β-amino-alcohol motifs (C(OH)–C–C–N with tert-alkyl or cyclic N) is 1. The molecule has 90 valence electrons. The van der Waals surface area contributed by atoms with Crippen molar-refractivity contribution in [3.8, 4) is 0 Å². The molecule has 5 heteroatoms. The third kappa shape index (κ3) is 1.74. The molecule has 0 aromatic rings. The maximum absolute atomic E-state index is 11.9. The van der Waals surface area contributed by atoms with E-state index in [9.17, 15) is 14.7 Å². The number of carbonyl (C=O) groups excluding carboxylic acids is 2. The van der Waals surface area contributed by atoms with Crippen molar-refractivity contribution < 1.29 is 19.8 Å². The summed E-state index contributed by atoms with van der Waals surface area (Å²) in [4.78, 5) is 24.9. The van der Waals surface area contributed by atoms with Gasteiger partial charge in [0, 0.05) is 0 Å². The van der Waals surface area contributed by atoms with Crippen molar-refractivity contribution in [1.29, 1.82) is 0 Å². The van der Waals surface area contributed by atoms with Crippen LogP contribution in [0.5, 0.6) is 0 Å². The van der Waals surface area contributed by atoms with Gasteiger partial charge >= 0.3 is 0 Å². The average Bonchev–Trinajstić information content (AvgIpc) is 2.73. The highest BCUT2D eigenvalue weighted by molar-refractivity contribution is 6.05. The van der Waals surface area contributed by atoms with Crippen molar-refractivity contribution >= 4 is 11.8 Å². The molecule has 0 aromatic heterocycles. The summed E-state index contributed by atoms with van der Waals surface area (Å²) >= 11 is 0. The number of imide groups is 1. The lowest BCUT2D eigenvalue weighted by Crippen LogP contribution is -2.39. The van der Waals surface area contributed by atoms with Crippen LogP contribution in [0.3, 0.4) is 0 Å². The number of aliphatic hydroxyl groups excluding tert-OH is 2. The molecule has 1 aliphatic heterocycles. The number of amides is 2. The first kappa shape index (κ1) is 11.5. The third-order valence-electron chi connectivity index (χ3n) is 3.57. The highest BCUT2D eigenvalue weighted by Crippen LogP contribution is 2.42. The van der Waals surface area contributed by atoms with Crippen LogP contribution < -0.4 is 0 Å². The minimum Gasteiger partial charge on any atom is -0.394 e. The fourth-order valence-corrected chi connectivity index (χ4v) is 2.79. The van der Waals surface area contributed by atoms with Gasteiger partial charge in [0.15, 0.2) is 0 Å². The molecule has 1 saturated carbocycles. The van der Waals surface area contributed by atoms with Gasteiger partial charge in [-0.1, -0.05) is 6.92 Å². The minimum absolute atomic E-state index is 0.0739. The summed E-state index contributed by atoms with van der Waals surface area (Å²) in [7, 11) is 0. The van der Waals surface area contributed by atoms with Crippen molar-refractivity contribution in [2.75, 3.05) is 13.2 Å². The highest BCUT2D eigenvalue weighted by Gasteiger charge is 2.51. The monoisotopic (exact) mass is 227 g/mol. The van der Waals surface area contributed by atoms with Gasteiger partial charge in [0.25, 0.3) is 0 Å². The summed E-state index contributed by atoms with van der Waals surface area (Å²) < 4.78 is 0. The van der Waals surface area contributed by atoms with E-state index in [2.05, 4.69) is 0 Å². The van der Waals surface area contributed by atoms with Crippen LogP contribution in [0.2, 0.25) is 0 Å². The number of rotatable bonds is 3. The number of hydrogen-bond donors (Lipinski definition) is 2. The molecule has 2 rings (SSSR count). The molecule has 3 unspecified atom stereocenters. The quantitative estimate of drug-likeness (QED) is 0.629. The molecule has 0 radical (unpaired) electrons. The number of nitrogens with zero attached hydrogens (tertiary/aromatic N) is 1. The molecule has 5 nitrogen and oxygen atoms in total. The van der Waals surface area contributed by atoms with Crippen LogP contribution in [-0.4, -0.2) is 46.2 Å². The van der Waals surface area contributed by atoms with Crippen LogP contribution in [0.1, 0.15) is 19.8 Å². The SMILES string of the molecule is CC1CC2C(=O)N(CC(O)CO)C(=O)C2C1. The molecule has 1 heterocycles. The van der Waals surface area contributed by atoms with E-state index in [1.165, 1.54) is 0 Å². The summed E-state index contributed by atoms with van der Waals surface area (Å²) in [5, 5.41) is 18.0. The van der Waals surface area contributed by atoms with Gasteiger partial charge in [0.1, 0.15) is 0 Å². The first-order chi connectivity index (χ1) is 7.54. The summed E-state index contributed by atoms with van der Waals surface area (Å²) in [5.41, 5.74) is 0. The zero-order valence-electron chi connectivity index (χ0n) is 9.30. The van der Waals surface area contributed by atoms with Gasteiger partial charge in [-0.05, 0) is 18.8 Å². The first-order valence-corrected chi connectivity index (χ1v) is 5.68. The lowest BCUT2D eigenvalue weighted by Gasteiger charge is -2.19. The molecule has 0 aromatic carbocycles. The van der Waals surface area contributed by atoms with Gasteiger partial charge in [0.2, 0.25) is 11.8 Å². The zero-order valence-corrected chi connectivity index (χ0v) is 9.30. The molecule has 3 atom stereocenters. The normalized spacial score (nSPS) is 35.7. The van der Waals surface area contributed by atoms with Gasteiger partial charge in [-0.15, -0.1) is 0 Å². The Bertz CT molecular complexity index is 293. The molecule has 2 amide bonds. The second kappa shape index (κ2) is 4.14. The highest BCUT2D eigenvalue weighted by atomic mass is 16.3. The van der Waals surface area contributed by atoms with E-state index >= 15 is 0 Å². The topological polar surface area (TPSA) is 77.8 Å².